The van der Waals surface area contributed by atoms with Gasteiger partial charge in [0.15, 0.2) is 0 Å². The van der Waals surface area contributed by atoms with Crippen molar-refractivity contribution in [1.82, 2.24) is 4.72 Å². The zero-order valence-electron chi connectivity index (χ0n) is 12.8. The second kappa shape index (κ2) is 7.87. The molecule has 1 rings (SSSR count). The summed E-state index contributed by atoms with van der Waals surface area (Å²) in [6, 6.07) is 6.97. The molecular weight excluding hydrogens is 304 g/mol. The van der Waals surface area contributed by atoms with Crippen LogP contribution in [0, 0.1) is 5.92 Å². The lowest BCUT2D eigenvalue weighted by Gasteiger charge is -2.15. The summed E-state index contributed by atoms with van der Waals surface area (Å²) in [5, 5.41) is 0. The minimum atomic E-state index is -3.36. The van der Waals surface area contributed by atoms with E-state index in [2.05, 4.69) is 18.6 Å². The topological polar surface area (TPSA) is 72.2 Å². The number of thiocarbonyl (C=S) groups is 1. The highest BCUT2D eigenvalue weighted by atomic mass is 32.2. The molecular formula is C15H24N2O2S2. The van der Waals surface area contributed by atoms with E-state index in [9.17, 15) is 8.42 Å². The van der Waals surface area contributed by atoms with Crippen LogP contribution in [0.15, 0.2) is 24.3 Å². The van der Waals surface area contributed by atoms with Gasteiger partial charge in [0.1, 0.15) is 4.99 Å². The maximum Gasteiger partial charge on any atom is 0.216 e. The summed E-state index contributed by atoms with van der Waals surface area (Å²) >= 11 is 4.90. The normalized spacial score (nSPS) is 13.3. The van der Waals surface area contributed by atoms with E-state index in [1.54, 1.807) is 24.3 Å². The van der Waals surface area contributed by atoms with Crippen molar-refractivity contribution in [1.29, 1.82) is 0 Å². The Kier molecular flexibility index (Phi) is 6.77. The van der Waals surface area contributed by atoms with Crippen LogP contribution in [0.25, 0.3) is 0 Å². The van der Waals surface area contributed by atoms with Crippen LogP contribution in [0.1, 0.15) is 44.7 Å². The summed E-state index contributed by atoms with van der Waals surface area (Å²) in [5.41, 5.74) is 6.93. The summed E-state index contributed by atoms with van der Waals surface area (Å²) in [4.78, 5) is 0.271. The van der Waals surface area contributed by atoms with E-state index < -0.39 is 10.0 Å². The Labute approximate surface area is 133 Å². The fourth-order valence-corrected chi connectivity index (χ4v) is 3.58. The number of rotatable bonds is 8. The van der Waals surface area contributed by atoms with Gasteiger partial charge in [0, 0.05) is 11.6 Å². The standard InChI is InChI=1S/C15H24N2O2S2/c1-11(2)7-8-12(3)17-21(18,19)10-13-5-4-6-14(9-13)15(16)20/h4-6,9,11-12,17H,7-8,10H2,1-3H3,(H2,16,20). The molecule has 1 atom stereocenters. The SMILES string of the molecule is CC(C)CCC(C)NS(=O)(=O)Cc1cccc(C(N)=S)c1. The smallest absolute Gasteiger partial charge is 0.216 e. The highest BCUT2D eigenvalue weighted by Crippen LogP contribution is 2.11. The van der Waals surface area contributed by atoms with Crippen molar-refractivity contribution in [2.75, 3.05) is 0 Å². The molecule has 1 unspecified atom stereocenters. The fraction of sp³-hybridized carbons (Fsp3) is 0.533. The Hall–Kier alpha value is -0.980. The third-order valence-corrected chi connectivity index (χ3v) is 4.84. The van der Waals surface area contributed by atoms with Crippen molar-refractivity contribution in [3.8, 4) is 0 Å². The predicted molar refractivity (Wildman–Crippen MR) is 91.6 cm³/mol. The molecule has 6 heteroatoms. The molecule has 1 aromatic rings. The van der Waals surface area contributed by atoms with Gasteiger partial charge in [-0.15, -0.1) is 0 Å². The Morgan fingerprint density at radius 3 is 2.52 bits per heavy atom. The third-order valence-electron chi connectivity index (χ3n) is 3.13. The van der Waals surface area contributed by atoms with Crippen molar-refractivity contribution < 1.29 is 8.42 Å². The Morgan fingerprint density at radius 2 is 1.95 bits per heavy atom. The van der Waals surface area contributed by atoms with Gasteiger partial charge in [0.25, 0.3) is 0 Å². The van der Waals surface area contributed by atoms with Gasteiger partial charge < -0.3 is 5.73 Å². The van der Waals surface area contributed by atoms with E-state index >= 15 is 0 Å². The average Bonchev–Trinajstić information content (AvgIpc) is 2.35. The molecule has 0 aromatic heterocycles. The molecule has 0 heterocycles. The van der Waals surface area contributed by atoms with Gasteiger partial charge in [-0.05, 0) is 37.3 Å². The summed E-state index contributed by atoms with van der Waals surface area (Å²) in [6.07, 6.45) is 1.84. The molecule has 118 valence electrons. The third kappa shape index (κ3) is 7.02. The minimum absolute atomic E-state index is 0.0591. The molecule has 0 aliphatic rings. The van der Waals surface area contributed by atoms with Gasteiger partial charge in [-0.25, -0.2) is 13.1 Å². The first-order valence-corrected chi connectivity index (χ1v) is 9.14. The molecule has 0 aliphatic heterocycles. The van der Waals surface area contributed by atoms with Gasteiger partial charge in [-0.1, -0.05) is 44.3 Å². The van der Waals surface area contributed by atoms with Gasteiger partial charge in [0.2, 0.25) is 10.0 Å². The second-order valence-electron chi connectivity index (χ2n) is 5.81. The Bertz CT molecular complexity index is 583. The van der Waals surface area contributed by atoms with E-state index in [0.717, 1.165) is 12.8 Å². The van der Waals surface area contributed by atoms with Gasteiger partial charge >= 0.3 is 0 Å². The summed E-state index contributed by atoms with van der Waals surface area (Å²) < 4.78 is 27.0. The number of hydrogen-bond donors (Lipinski definition) is 2. The van der Waals surface area contributed by atoms with Crippen LogP contribution in [0.4, 0.5) is 0 Å². The summed E-state index contributed by atoms with van der Waals surface area (Å²) in [7, 11) is -3.36. The van der Waals surface area contributed by atoms with Crippen LogP contribution in [-0.2, 0) is 15.8 Å². The first-order chi connectivity index (χ1) is 9.69. The van der Waals surface area contributed by atoms with Crippen molar-refractivity contribution in [3.05, 3.63) is 35.4 Å². The fourth-order valence-electron chi connectivity index (χ4n) is 2.02. The predicted octanol–water partition coefficient (Wildman–Crippen LogP) is 2.56. The molecule has 0 radical (unpaired) electrons. The summed E-state index contributed by atoms with van der Waals surface area (Å²) in [5.74, 6) is 0.509. The van der Waals surface area contributed by atoms with Crippen molar-refractivity contribution >= 4 is 27.2 Å². The molecule has 0 fully saturated rings. The largest absolute Gasteiger partial charge is 0.389 e. The Morgan fingerprint density at radius 1 is 1.29 bits per heavy atom. The molecule has 0 bridgehead atoms. The van der Waals surface area contributed by atoms with E-state index in [0.29, 0.717) is 17.0 Å². The molecule has 4 nitrogen and oxygen atoms in total. The number of nitrogens with one attached hydrogen (secondary N) is 1. The molecule has 21 heavy (non-hydrogen) atoms. The lowest BCUT2D eigenvalue weighted by Crippen LogP contribution is -2.33. The molecule has 0 aliphatic carbocycles. The second-order valence-corrected chi connectivity index (χ2v) is 8.01. The molecule has 0 spiro atoms. The monoisotopic (exact) mass is 328 g/mol. The highest BCUT2D eigenvalue weighted by Gasteiger charge is 2.16. The number of benzene rings is 1. The maximum absolute atomic E-state index is 12.2. The van der Waals surface area contributed by atoms with Crippen LogP contribution in [0.5, 0.6) is 0 Å². The minimum Gasteiger partial charge on any atom is -0.389 e. The molecule has 0 saturated heterocycles. The molecule has 0 amide bonds. The van der Waals surface area contributed by atoms with E-state index in [-0.39, 0.29) is 16.8 Å². The quantitative estimate of drug-likeness (QED) is 0.719. The van der Waals surface area contributed by atoms with Gasteiger partial charge in [-0.2, -0.15) is 0 Å². The molecule has 1 aromatic carbocycles. The maximum atomic E-state index is 12.2. The average molecular weight is 329 g/mol. The van der Waals surface area contributed by atoms with E-state index in [1.165, 1.54) is 0 Å². The number of hydrogen-bond acceptors (Lipinski definition) is 3. The van der Waals surface area contributed by atoms with Crippen LogP contribution < -0.4 is 10.5 Å². The van der Waals surface area contributed by atoms with E-state index in [4.69, 9.17) is 18.0 Å². The first-order valence-electron chi connectivity index (χ1n) is 7.08. The first kappa shape index (κ1) is 18.1. The molecule has 0 saturated carbocycles. The number of sulfonamides is 1. The zero-order chi connectivity index (χ0) is 16.0. The lowest BCUT2D eigenvalue weighted by molar-refractivity contribution is 0.485. The van der Waals surface area contributed by atoms with E-state index in [1.807, 2.05) is 6.92 Å². The van der Waals surface area contributed by atoms with Gasteiger partial charge in [0.05, 0.1) is 5.75 Å². The van der Waals surface area contributed by atoms with Crippen molar-refractivity contribution in [3.63, 3.8) is 0 Å². The summed E-state index contributed by atoms with van der Waals surface area (Å²) in [6.45, 7) is 6.15. The van der Waals surface area contributed by atoms with Crippen LogP contribution in [0.2, 0.25) is 0 Å². The number of nitrogens with two attached hydrogens (primary N) is 1. The van der Waals surface area contributed by atoms with Crippen molar-refractivity contribution in [2.45, 2.75) is 45.4 Å². The lowest BCUT2D eigenvalue weighted by atomic mass is 10.1. The van der Waals surface area contributed by atoms with Crippen molar-refractivity contribution in [2.24, 2.45) is 11.7 Å². The molecule has 3 N–H and O–H groups in total. The van der Waals surface area contributed by atoms with Gasteiger partial charge in [-0.3, -0.25) is 0 Å². The highest BCUT2D eigenvalue weighted by molar-refractivity contribution is 7.88. The van der Waals surface area contributed by atoms with Crippen LogP contribution in [-0.4, -0.2) is 19.4 Å². The van der Waals surface area contributed by atoms with Crippen LogP contribution >= 0.6 is 12.2 Å². The Balaban J connectivity index is 2.67. The zero-order valence-corrected chi connectivity index (χ0v) is 14.4. The van der Waals surface area contributed by atoms with Crippen LogP contribution in [0.3, 0.4) is 0 Å².